The SMILES string of the molecule is Clc1ccc(-c2noc(CN3CCc4nc(-c5ccco5)ncc4C3)n2)cc1. The van der Waals surface area contributed by atoms with Crippen molar-refractivity contribution in [1.29, 1.82) is 0 Å². The third kappa shape index (κ3) is 3.42. The molecule has 140 valence electrons. The van der Waals surface area contributed by atoms with Gasteiger partial charge in [0.15, 0.2) is 11.6 Å². The normalized spacial score (nSPS) is 14.2. The lowest BCUT2D eigenvalue weighted by Gasteiger charge is -2.26. The summed E-state index contributed by atoms with van der Waals surface area (Å²) in [5.74, 6) is 2.46. The molecule has 4 heterocycles. The van der Waals surface area contributed by atoms with E-state index in [0.717, 1.165) is 36.3 Å². The first-order valence-electron chi connectivity index (χ1n) is 8.94. The number of hydrogen-bond acceptors (Lipinski definition) is 7. The van der Waals surface area contributed by atoms with Crippen LogP contribution >= 0.6 is 11.6 Å². The molecule has 0 fully saturated rings. The van der Waals surface area contributed by atoms with Gasteiger partial charge < -0.3 is 8.94 Å². The van der Waals surface area contributed by atoms with Crippen LogP contribution in [-0.2, 0) is 19.5 Å². The predicted molar refractivity (Wildman–Crippen MR) is 102 cm³/mol. The molecular formula is C20H16ClN5O2. The van der Waals surface area contributed by atoms with Gasteiger partial charge in [0.2, 0.25) is 11.7 Å². The predicted octanol–water partition coefficient (Wildman–Crippen LogP) is 4.00. The average Bonchev–Trinajstić information content (AvgIpc) is 3.41. The zero-order chi connectivity index (χ0) is 18.9. The lowest BCUT2D eigenvalue weighted by Crippen LogP contribution is -2.31. The van der Waals surface area contributed by atoms with Gasteiger partial charge in [0.05, 0.1) is 18.5 Å². The lowest BCUT2D eigenvalue weighted by atomic mass is 10.1. The highest BCUT2D eigenvalue weighted by atomic mass is 35.5. The zero-order valence-electron chi connectivity index (χ0n) is 14.9. The molecule has 3 aromatic heterocycles. The summed E-state index contributed by atoms with van der Waals surface area (Å²) in [6.45, 7) is 2.19. The van der Waals surface area contributed by atoms with Gasteiger partial charge in [0.25, 0.3) is 0 Å². The van der Waals surface area contributed by atoms with Crippen molar-refractivity contribution in [1.82, 2.24) is 25.0 Å². The molecule has 0 unspecified atom stereocenters. The highest BCUT2D eigenvalue weighted by Crippen LogP contribution is 2.23. The molecule has 4 aromatic rings. The van der Waals surface area contributed by atoms with Crippen LogP contribution in [0.1, 0.15) is 17.1 Å². The van der Waals surface area contributed by atoms with Gasteiger partial charge in [-0.3, -0.25) is 4.90 Å². The second kappa shape index (κ2) is 7.18. The molecule has 5 rings (SSSR count). The Balaban J connectivity index is 1.29. The van der Waals surface area contributed by atoms with Gasteiger partial charge in [-0.2, -0.15) is 4.98 Å². The van der Waals surface area contributed by atoms with Crippen molar-refractivity contribution in [2.75, 3.05) is 6.54 Å². The van der Waals surface area contributed by atoms with Crippen molar-refractivity contribution >= 4 is 11.6 Å². The maximum atomic E-state index is 5.93. The van der Waals surface area contributed by atoms with Crippen molar-refractivity contribution in [3.8, 4) is 23.0 Å². The van der Waals surface area contributed by atoms with Crippen LogP contribution in [0.3, 0.4) is 0 Å². The molecule has 0 amide bonds. The Morgan fingerprint density at radius 3 is 2.79 bits per heavy atom. The molecule has 0 bridgehead atoms. The Kier molecular flexibility index (Phi) is 4.38. The summed E-state index contributed by atoms with van der Waals surface area (Å²) in [5, 5.41) is 4.75. The van der Waals surface area contributed by atoms with Gasteiger partial charge in [-0.05, 0) is 36.4 Å². The topological polar surface area (TPSA) is 81.1 Å². The number of halogens is 1. The van der Waals surface area contributed by atoms with Crippen LogP contribution < -0.4 is 0 Å². The van der Waals surface area contributed by atoms with Gasteiger partial charge in [-0.15, -0.1) is 0 Å². The number of rotatable bonds is 4. The van der Waals surface area contributed by atoms with Crippen LogP contribution in [0.25, 0.3) is 23.0 Å². The summed E-state index contributed by atoms with van der Waals surface area (Å²) in [7, 11) is 0. The maximum absolute atomic E-state index is 5.93. The molecule has 0 N–H and O–H groups in total. The first kappa shape index (κ1) is 17.1. The first-order chi connectivity index (χ1) is 13.7. The number of furan rings is 1. The first-order valence-corrected chi connectivity index (χ1v) is 9.32. The van der Waals surface area contributed by atoms with E-state index in [-0.39, 0.29) is 0 Å². The van der Waals surface area contributed by atoms with E-state index in [1.54, 1.807) is 6.26 Å². The third-order valence-corrected chi connectivity index (χ3v) is 4.94. The van der Waals surface area contributed by atoms with E-state index in [9.17, 15) is 0 Å². The molecular weight excluding hydrogens is 378 g/mol. The quantitative estimate of drug-likeness (QED) is 0.518. The number of aromatic nitrogens is 4. The minimum atomic E-state index is 0.565. The number of nitrogens with zero attached hydrogens (tertiary/aromatic N) is 5. The van der Waals surface area contributed by atoms with E-state index in [0.29, 0.717) is 34.9 Å². The summed E-state index contributed by atoms with van der Waals surface area (Å²) in [5.41, 5.74) is 3.05. The van der Waals surface area contributed by atoms with Crippen molar-refractivity contribution < 1.29 is 8.94 Å². The molecule has 1 aliphatic heterocycles. The van der Waals surface area contributed by atoms with E-state index in [4.69, 9.17) is 20.5 Å². The zero-order valence-corrected chi connectivity index (χ0v) is 15.6. The van der Waals surface area contributed by atoms with Crippen LogP contribution in [-0.4, -0.2) is 31.6 Å². The molecule has 1 aromatic carbocycles. The van der Waals surface area contributed by atoms with Crippen LogP contribution in [0.5, 0.6) is 0 Å². The Bertz CT molecular complexity index is 1090. The summed E-state index contributed by atoms with van der Waals surface area (Å²) < 4.78 is 10.8. The van der Waals surface area contributed by atoms with Crippen LogP contribution in [0.15, 0.2) is 57.8 Å². The number of fused-ring (bicyclic) bond motifs is 1. The Morgan fingerprint density at radius 2 is 1.96 bits per heavy atom. The average molecular weight is 394 g/mol. The van der Waals surface area contributed by atoms with Gasteiger partial charge in [-0.25, -0.2) is 9.97 Å². The molecule has 8 heteroatoms. The van der Waals surface area contributed by atoms with Gasteiger partial charge in [0, 0.05) is 41.9 Å². The molecule has 0 spiro atoms. The second-order valence-corrected chi connectivity index (χ2v) is 7.06. The summed E-state index contributed by atoms with van der Waals surface area (Å²) in [6.07, 6.45) is 4.34. The highest BCUT2D eigenvalue weighted by molar-refractivity contribution is 6.30. The van der Waals surface area contributed by atoms with Gasteiger partial charge >= 0.3 is 0 Å². The molecule has 0 atom stereocenters. The molecule has 28 heavy (non-hydrogen) atoms. The van der Waals surface area contributed by atoms with Crippen LogP contribution in [0.4, 0.5) is 0 Å². The van der Waals surface area contributed by atoms with E-state index in [1.807, 2.05) is 42.6 Å². The number of hydrogen-bond donors (Lipinski definition) is 0. The molecule has 0 aliphatic carbocycles. The second-order valence-electron chi connectivity index (χ2n) is 6.62. The monoisotopic (exact) mass is 393 g/mol. The Morgan fingerprint density at radius 1 is 1.07 bits per heavy atom. The van der Waals surface area contributed by atoms with E-state index >= 15 is 0 Å². The van der Waals surface area contributed by atoms with Gasteiger partial charge in [0.1, 0.15) is 0 Å². The van der Waals surface area contributed by atoms with Crippen LogP contribution in [0.2, 0.25) is 5.02 Å². The minimum Gasteiger partial charge on any atom is -0.461 e. The Hall–Kier alpha value is -3.03. The lowest BCUT2D eigenvalue weighted by molar-refractivity contribution is 0.208. The fourth-order valence-corrected chi connectivity index (χ4v) is 3.39. The Labute approximate surface area is 166 Å². The molecule has 0 saturated heterocycles. The largest absolute Gasteiger partial charge is 0.461 e. The molecule has 7 nitrogen and oxygen atoms in total. The highest BCUT2D eigenvalue weighted by Gasteiger charge is 2.21. The molecule has 1 aliphatic rings. The van der Waals surface area contributed by atoms with E-state index in [1.165, 1.54) is 0 Å². The van der Waals surface area contributed by atoms with Crippen molar-refractivity contribution in [2.45, 2.75) is 19.5 Å². The van der Waals surface area contributed by atoms with Crippen molar-refractivity contribution in [2.24, 2.45) is 0 Å². The number of benzene rings is 1. The fraction of sp³-hybridized carbons (Fsp3) is 0.200. The summed E-state index contributed by atoms with van der Waals surface area (Å²) in [4.78, 5) is 15.8. The summed E-state index contributed by atoms with van der Waals surface area (Å²) in [6, 6.07) is 11.1. The molecule has 0 saturated carbocycles. The fourth-order valence-electron chi connectivity index (χ4n) is 3.26. The smallest absolute Gasteiger partial charge is 0.241 e. The maximum Gasteiger partial charge on any atom is 0.241 e. The third-order valence-electron chi connectivity index (χ3n) is 4.68. The standard InChI is InChI=1S/C20H16ClN5O2/c21-15-5-3-13(4-6-15)19-24-18(28-25-19)12-26-8-7-16-14(11-26)10-22-20(23-16)17-2-1-9-27-17/h1-6,9-10H,7-8,11-12H2. The van der Waals surface area contributed by atoms with Crippen molar-refractivity contribution in [3.05, 3.63) is 71.0 Å². The van der Waals surface area contributed by atoms with Crippen molar-refractivity contribution in [3.63, 3.8) is 0 Å². The van der Waals surface area contributed by atoms with E-state index < -0.39 is 0 Å². The van der Waals surface area contributed by atoms with E-state index in [2.05, 4.69) is 25.0 Å². The minimum absolute atomic E-state index is 0.565. The van der Waals surface area contributed by atoms with Gasteiger partial charge in [-0.1, -0.05) is 16.8 Å². The van der Waals surface area contributed by atoms with Crippen LogP contribution in [0, 0.1) is 0 Å². The molecule has 0 radical (unpaired) electrons. The summed E-state index contributed by atoms with van der Waals surface area (Å²) >= 11 is 5.93.